The number of ketones is 1. The molecule has 0 saturated heterocycles. The summed E-state index contributed by atoms with van der Waals surface area (Å²) in [4.78, 5) is 37.0. The number of unbranched alkanes of at least 4 members (excludes halogenated alkanes) is 21. The summed E-state index contributed by atoms with van der Waals surface area (Å²) in [5, 5.41) is 20.1. The zero-order valence-electron chi connectivity index (χ0n) is 35.4. The molecule has 0 spiro atoms. The molecular weight excluding hydrogens is 645 g/mol. The van der Waals surface area contributed by atoms with Gasteiger partial charge in [-0.05, 0) is 50.4 Å². The number of hydrogen-bond donors (Lipinski definition) is 2. The second-order valence-corrected chi connectivity index (χ2v) is 16.9. The molecule has 0 bridgehead atoms. The van der Waals surface area contributed by atoms with Crippen molar-refractivity contribution in [2.75, 3.05) is 0 Å². The van der Waals surface area contributed by atoms with Gasteiger partial charge in [-0.3, -0.25) is 14.4 Å². The highest BCUT2D eigenvalue weighted by atomic mass is 16.4. The van der Waals surface area contributed by atoms with Gasteiger partial charge >= 0.3 is 11.9 Å². The molecule has 0 unspecified atom stereocenters. The summed E-state index contributed by atoms with van der Waals surface area (Å²) < 4.78 is 0. The maximum atomic E-state index is 13.7. The predicted molar refractivity (Wildman–Crippen MR) is 223 cm³/mol. The molecule has 0 atom stereocenters. The van der Waals surface area contributed by atoms with E-state index in [1.54, 1.807) is 0 Å². The molecule has 0 fully saturated rings. The van der Waals surface area contributed by atoms with Crippen molar-refractivity contribution in [3.8, 4) is 0 Å². The third-order valence-electron chi connectivity index (χ3n) is 11.9. The van der Waals surface area contributed by atoms with Gasteiger partial charge in [0.25, 0.3) is 0 Å². The lowest BCUT2D eigenvalue weighted by atomic mass is 9.67. The third-order valence-corrected chi connectivity index (χ3v) is 11.9. The lowest BCUT2D eigenvalue weighted by molar-refractivity contribution is -0.152. The molecule has 2 N–H and O–H groups in total. The standard InChI is InChI=1S/C47H90O5/c1-5-9-13-17-24-32-42(33-25-18-14-10-6-2)40-47(46(51)52,39-31-23-29-37-44(48)36-28-21-22-30-38-45(49)50)41-43(34-26-19-15-11-7-3)35-27-20-16-12-8-4/h42-43H,5-41H2,1-4H3,(H,49,50)(H,51,52). The largest absolute Gasteiger partial charge is 0.481 e. The molecule has 0 amide bonds. The summed E-state index contributed by atoms with van der Waals surface area (Å²) in [5.41, 5.74) is -0.658. The SMILES string of the molecule is CCCCCCCC(CCCCCCC)CC(CCCCCC(=O)CCCCCCC(=O)O)(CC(CCCCCCC)CCCCCCC)C(=O)O. The zero-order valence-corrected chi connectivity index (χ0v) is 35.4. The monoisotopic (exact) mass is 735 g/mol. The van der Waals surface area contributed by atoms with Crippen LogP contribution in [0.2, 0.25) is 0 Å². The molecule has 0 aromatic carbocycles. The van der Waals surface area contributed by atoms with Crippen molar-refractivity contribution in [1.82, 2.24) is 0 Å². The quantitative estimate of drug-likeness (QED) is 0.0609. The molecular formula is C47H90O5. The minimum Gasteiger partial charge on any atom is -0.481 e. The van der Waals surface area contributed by atoms with Gasteiger partial charge in [-0.15, -0.1) is 0 Å². The van der Waals surface area contributed by atoms with Crippen LogP contribution in [0.5, 0.6) is 0 Å². The highest BCUT2D eigenvalue weighted by Crippen LogP contribution is 2.44. The molecule has 0 aliphatic rings. The maximum Gasteiger partial charge on any atom is 0.309 e. The molecule has 0 aromatic heterocycles. The van der Waals surface area contributed by atoms with E-state index in [1.165, 1.54) is 154 Å². The average Bonchev–Trinajstić information content (AvgIpc) is 3.11. The van der Waals surface area contributed by atoms with E-state index in [1.807, 2.05) is 0 Å². The average molecular weight is 735 g/mol. The van der Waals surface area contributed by atoms with Crippen LogP contribution in [0, 0.1) is 17.3 Å². The zero-order chi connectivity index (χ0) is 38.5. The minimum absolute atomic E-state index is 0.211. The van der Waals surface area contributed by atoms with E-state index in [9.17, 15) is 19.5 Å². The first kappa shape index (κ1) is 50.6. The summed E-state index contributed by atoms with van der Waals surface area (Å²) in [6.07, 6.45) is 39.9. The molecule has 0 aromatic rings. The van der Waals surface area contributed by atoms with Crippen molar-refractivity contribution >= 4 is 17.7 Å². The van der Waals surface area contributed by atoms with Crippen molar-refractivity contribution in [3.05, 3.63) is 0 Å². The van der Waals surface area contributed by atoms with Gasteiger partial charge in [-0.2, -0.15) is 0 Å². The van der Waals surface area contributed by atoms with Crippen LogP contribution < -0.4 is 0 Å². The molecule has 308 valence electrons. The number of hydrogen-bond acceptors (Lipinski definition) is 3. The van der Waals surface area contributed by atoms with E-state index >= 15 is 0 Å². The Hall–Kier alpha value is -1.39. The maximum absolute atomic E-state index is 13.7. The molecule has 0 aliphatic carbocycles. The van der Waals surface area contributed by atoms with E-state index in [0.29, 0.717) is 36.9 Å². The molecule has 0 radical (unpaired) electrons. The third kappa shape index (κ3) is 30.0. The van der Waals surface area contributed by atoms with Crippen LogP contribution in [0.1, 0.15) is 265 Å². The van der Waals surface area contributed by atoms with Gasteiger partial charge in [0.05, 0.1) is 5.41 Å². The van der Waals surface area contributed by atoms with Gasteiger partial charge < -0.3 is 10.2 Å². The topological polar surface area (TPSA) is 91.7 Å². The Morgan fingerprint density at radius 2 is 0.712 bits per heavy atom. The first-order chi connectivity index (χ1) is 25.2. The fourth-order valence-electron chi connectivity index (χ4n) is 8.56. The van der Waals surface area contributed by atoms with Crippen LogP contribution in [0.3, 0.4) is 0 Å². The number of carbonyl (C=O) groups excluding carboxylic acids is 1. The highest BCUT2D eigenvalue weighted by molar-refractivity contribution is 5.78. The van der Waals surface area contributed by atoms with E-state index in [-0.39, 0.29) is 6.42 Å². The molecule has 52 heavy (non-hydrogen) atoms. The Balaban J connectivity index is 5.77. The Morgan fingerprint density at radius 1 is 0.404 bits per heavy atom. The minimum atomic E-state index is -0.747. The van der Waals surface area contributed by atoms with Crippen molar-refractivity contribution in [2.24, 2.45) is 17.3 Å². The van der Waals surface area contributed by atoms with Crippen molar-refractivity contribution < 1.29 is 24.6 Å². The highest BCUT2D eigenvalue weighted by Gasteiger charge is 2.41. The molecule has 5 heteroatoms. The van der Waals surface area contributed by atoms with Gasteiger partial charge in [0, 0.05) is 19.3 Å². The summed E-state index contributed by atoms with van der Waals surface area (Å²) >= 11 is 0. The molecule has 0 rings (SSSR count). The smallest absolute Gasteiger partial charge is 0.309 e. The summed E-state index contributed by atoms with van der Waals surface area (Å²) in [5.74, 6) is -0.00314. The number of rotatable bonds is 42. The number of Topliss-reactive ketones (excluding diaryl/α,β-unsaturated/α-hetero) is 1. The summed E-state index contributed by atoms with van der Waals surface area (Å²) in [6, 6.07) is 0. The first-order valence-corrected chi connectivity index (χ1v) is 23.2. The molecule has 0 aliphatic heterocycles. The van der Waals surface area contributed by atoms with Gasteiger partial charge in [-0.1, -0.05) is 207 Å². The van der Waals surface area contributed by atoms with Crippen molar-refractivity contribution in [2.45, 2.75) is 265 Å². The Morgan fingerprint density at radius 3 is 1.04 bits per heavy atom. The predicted octanol–water partition coefficient (Wildman–Crippen LogP) is 15.5. The fourth-order valence-corrected chi connectivity index (χ4v) is 8.56. The van der Waals surface area contributed by atoms with Gasteiger partial charge in [-0.25, -0.2) is 0 Å². The Labute approximate surface area is 324 Å². The number of carboxylic acid groups (broad SMARTS) is 2. The van der Waals surface area contributed by atoms with Crippen LogP contribution in [0.15, 0.2) is 0 Å². The summed E-state index contributed by atoms with van der Waals surface area (Å²) in [6.45, 7) is 9.09. The van der Waals surface area contributed by atoms with E-state index in [4.69, 9.17) is 5.11 Å². The first-order valence-electron chi connectivity index (χ1n) is 23.2. The lowest BCUT2D eigenvalue weighted by Gasteiger charge is -2.37. The van der Waals surface area contributed by atoms with Crippen molar-refractivity contribution in [3.63, 3.8) is 0 Å². The normalized spacial score (nSPS) is 12.0. The second-order valence-electron chi connectivity index (χ2n) is 16.9. The van der Waals surface area contributed by atoms with Crippen LogP contribution in [0.25, 0.3) is 0 Å². The van der Waals surface area contributed by atoms with Gasteiger partial charge in [0.1, 0.15) is 5.78 Å². The Bertz CT molecular complexity index is 761. The van der Waals surface area contributed by atoms with Crippen LogP contribution in [0.4, 0.5) is 0 Å². The van der Waals surface area contributed by atoms with Gasteiger partial charge in [0.2, 0.25) is 0 Å². The summed E-state index contributed by atoms with van der Waals surface area (Å²) in [7, 11) is 0. The second kappa shape index (κ2) is 36.6. The lowest BCUT2D eigenvalue weighted by Crippen LogP contribution is -2.36. The number of carboxylic acids is 2. The Kier molecular flexibility index (Phi) is 35.6. The van der Waals surface area contributed by atoms with E-state index in [0.717, 1.165) is 57.8 Å². The van der Waals surface area contributed by atoms with Crippen LogP contribution in [-0.2, 0) is 14.4 Å². The molecule has 0 saturated carbocycles. The van der Waals surface area contributed by atoms with Crippen molar-refractivity contribution in [1.29, 1.82) is 0 Å². The molecule has 5 nitrogen and oxygen atoms in total. The van der Waals surface area contributed by atoms with E-state index in [2.05, 4.69) is 27.7 Å². The van der Waals surface area contributed by atoms with Gasteiger partial charge in [0.15, 0.2) is 0 Å². The van der Waals surface area contributed by atoms with E-state index < -0.39 is 17.4 Å². The molecule has 0 heterocycles. The van der Waals surface area contributed by atoms with Crippen LogP contribution >= 0.6 is 0 Å². The van der Waals surface area contributed by atoms with Crippen LogP contribution in [-0.4, -0.2) is 27.9 Å². The fraction of sp³-hybridized carbons (Fsp3) is 0.936. The number of aliphatic carboxylic acids is 2. The number of carbonyl (C=O) groups is 3.